The Balaban J connectivity index is 0.00000484. The second-order valence-electron chi connectivity index (χ2n) is 5.95. The topological polar surface area (TPSA) is 75.3 Å². The van der Waals surface area contributed by atoms with Crippen molar-refractivity contribution >= 4 is 29.9 Å². The summed E-state index contributed by atoms with van der Waals surface area (Å²) in [6.07, 6.45) is 6.42. The van der Waals surface area contributed by atoms with Crippen molar-refractivity contribution in [3.63, 3.8) is 0 Å². The van der Waals surface area contributed by atoms with Crippen LogP contribution in [0.5, 0.6) is 0 Å². The zero-order valence-electron chi connectivity index (χ0n) is 14.9. The first-order chi connectivity index (χ1) is 10.6. The summed E-state index contributed by atoms with van der Waals surface area (Å²) in [6.45, 7) is 10.6. The zero-order valence-corrected chi connectivity index (χ0v) is 17.2. The van der Waals surface area contributed by atoms with Gasteiger partial charge in [0.2, 0.25) is 5.89 Å². The molecular formula is C16H32IN5O. The molecule has 6 nitrogen and oxygen atoms in total. The van der Waals surface area contributed by atoms with Crippen LogP contribution < -0.4 is 10.6 Å². The Morgan fingerprint density at radius 3 is 2.52 bits per heavy atom. The van der Waals surface area contributed by atoms with Gasteiger partial charge in [-0.25, -0.2) is 4.99 Å². The lowest BCUT2D eigenvalue weighted by Gasteiger charge is -2.10. The standard InChI is InChI=1S/C16H31N5O.HI/c1-5-17-16(19-12-15-20-14(4)21-22-15)18-11-9-7-6-8-10-13(2)3;/h13H,5-12H2,1-4H3,(H2,17,18,19);1H. The summed E-state index contributed by atoms with van der Waals surface area (Å²) in [6, 6.07) is 0. The fraction of sp³-hybridized carbons (Fsp3) is 0.812. The minimum absolute atomic E-state index is 0. The van der Waals surface area contributed by atoms with E-state index < -0.39 is 0 Å². The number of hydrogen-bond acceptors (Lipinski definition) is 4. The summed E-state index contributed by atoms with van der Waals surface area (Å²) < 4.78 is 5.06. The lowest BCUT2D eigenvalue weighted by molar-refractivity contribution is 0.376. The summed E-state index contributed by atoms with van der Waals surface area (Å²) in [5.41, 5.74) is 0. The van der Waals surface area contributed by atoms with E-state index in [0.717, 1.165) is 25.0 Å². The second kappa shape index (κ2) is 13.6. The van der Waals surface area contributed by atoms with Crippen LogP contribution >= 0.6 is 24.0 Å². The van der Waals surface area contributed by atoms with Crippen molar-refractivity contribution in [2.75, 3.05) is 13.1 Å². The summed E-state index contributed by atoms with van der Waals surface area (Å²) >= 11 is 0. The molecule has 0 unspecified atom stereocenters. The van der Waals surface area contributed by atoms with Crippen LogP contribution in [0.1, 0.15) is 64.6 Å². The van der Waals surface area contributed by atoms with Gasteiger partial charge in [-0.3, -0.25) is 0 Å². The van der Waals surface area contributed by atoms with Gasteiger partial charge >= 0.3 is 0 Å². The molecule has 0 aliphatic heterocycles. The highest BCUT2D eigenvalue weighted by atomic mass is 127. The van der Waals surface area contributed by atoms with Crippen molar-refractivity contribution < 1.29 is 4.52 Å². The predicted molar refractivity (Wildman–Crippen MR) is 105 cm³/mol. The third kappa shape index (κ3) is 11.3. The first kappa shape index (κ1) is 22.1. The van der Waals surface area contributed by atoms with E-state index in [4.69, 9.17) is 4.52 Å². The van der Waals surface area contributed by atoms with E-state index >= 15 is 0 Å². The van der Waals surface area contributed by atoms with Gasteiger partial charge in [0.15, 0.2) is 11.8 Å². The normalized spacial score (nSPS) is 11.4. The molecule has 0 saturated carbocycles. The number of halogens is 1. The minimum atomic E-state index is 0. The molecule has 0 radical (unpaired) electrons. The van der Waals surface area contributed by atoms with Crippen LogP contribution in [-0.4, -0.2) is 29.2 Å². The Labute approximate surface area is 157 Å². The highest BCUT2D eigenvalue weighted by Gasteiger charge is 2.02. The quantitative estimate of drug-likeness (QED) is 0.253. The van der Waals surface area contributed by atoms with E-state index in [9.17, 15) is 0 Å². The lowest BCUT2D eigenvalue weighted by atomic mass is 10.0. The number of nitrogens with zero attached hydrogens (tertiary/aromatic N) is 3. The van der Waals surface area contributed by atoms with E-state index in [1.54, 1.807) is 6.92 Å². The van der Waals surface area contributed by atoms with Crippen molar-refractivity contribution in [1.29, 1.82) is 0 Å². The van der Waals surface area contributed by atoms with Crippen LogP contribution in [0, 0.1) is 12.8 Å². The second-order valence-corrected chi connectivity index (χ2v) is 5.95. The molecule has 7 heteroatoms. The van der Waals surface area contributed by atoms with Gasteiger partial charge in [0.1, 0.15) is 6.54 Å². The highest BCUT2D eigenvalue weighted by Crippen LogP contribution is 2.08. The van der Waals surface area contributed by atoms with Gasteiger partial charge in [-0.2, -0.15) is 4.98 Å². The first-order valence-corrected chi connectivity index (χ1v) is 8.43. The van der Waals surface area contributed by atoms with Crippen LogP contribution in [0.4, 0.5) is 0 Å². The summed E-state index contributed by atoms with van der Waals surface area (Å²) in [5, 5.41) is 10.3. The third-order valence-corrected chi connectivity index (χ3v) is 3.29. The van der Waals surface area contributed by atoms with E-state index in [1.807, 2.05) is 0 Å². The van der Waals surface area contributed by atoms with Crippen molar-refractivity contribution in [3.8, 4) is 0 Å². The van der Waals surface area contributed by atoms with E-state index in [2.05, 4.69) is 46.5 Å². The molecule has 0 spiro atoms. The van der Waals surface area contributed by atoms with Gasteiger partial charge in [-0.1, -0.05) is 44.7 Å². The zero-order chi connectivity index (χ0) is 16.2. The average molecular weight is 437 g/mol. The number of rotatable bonds is 10. The maximum atomic E-state index is 5.06. The largest absolute Gasteiger partial charge is 0.357 e. The number of aliphatic imine (C=N–C) groups is 1. The van der Waals surface area contributed by atoms with Crippen LogP contribution in [0.2, 0.25) is 0 Å². The number of unbranched alkanes of at least 4 members (excludes halogenated alkanes) is 3. The van der Waals surface area contributed by atoms with Crippen LogP contribution in [0.3, 0.4) is 0 Å². The Kier molecular flexibility index (Phi) is 13.1. The smallest absolute Gasteiger partial charge is 0.248 e. The van der Waals surface area contributed by atoms with E-state index in [0.29, 0.717) is 18.3 Å². The Hall–Kier alpha value is -0.860. The maximum Gasteiger partial charge on any atom is 0.248 e. The Morgan fingerprint density at radius 2 is 1.91 bits per heavy atom. The van der Waals surface area contributed by atoms with Crippen molar-refractivity contribution in [2.45, 2.75) is 66.3 Å². The van der Waals surface area contributed by atoms with Crippen LogP contribution in [0.15, 0.2) is 9.52 Å². The molecule has 134 valence electrons. The van der Waals surface area contributed by atoms with Crippen LogP contribution in [-0.2, 0) is 6.54 Å². The number of guanidine groups is 1. The summed E-state index contributed by atoms with van der Waals surface area (Å²) in [7, 11) is 0. The van der Waals surface area contributed by atoms with Gasteiger partial charge in [0.05, 0.1) is 0 Å². The summed E-state index contributed by atoms with van der Waals surface area (Å²) in [4.78, 5) is 8.60. The Morgan fingerprint density at radius 1 is 1.17 bits per heavy atom. The molecule has 0 bridgehead atoms. The SMILES string of the molecule is CCNC(=NCc1nc(C)no1)NCCCCCCC(C)C.I. The van der Waals surface area contributed by atoms with Crippen molar-refractivity contribution in [1.82, 2.24) is 20.8 Å². The molecular weight excluding hydrogens is 405 g/mol. The van der Waals surface area contributed by atoms with E-state index in [1.165, 1.54) is 32.1 Å². The molecule has 0 atom stereocenters. The number of hydrogen-bond donors (Lipinski definition) is 2. The van der Waals surface area contributed by atoms with E-state index in [-0.39, 0.29) is 24.0 Å². The Bertz CT molecular complexity index is 434. The molecule has 0 aliphatic rings. The number of aromatic nitrogens is 2. The number of aryl methyl sites for hydroxylation is 1. The molecule has 1 aromatic rings. The van der Waals surface area contributed by atoms with Gasteiger partial charge in [0.25, 0.3) is 0 Å². The molecule has 0 amide bonds. The molecule has 23 heavy (non-hydrogen) atoms. The van der Waals surface area contributed by atoms with Crippen molar-refractivity contribution in [3.05, 3.63) is 11.7 Å². The molecule has 1 heterocycles. The van der Waals surface area contributed by atoms with Crippen LogP contribution in [0.25, 0.3) is 0 Å². The molecule has 2 N–H and O–H groups in total. The first-order valence-electron chi connectivity index (χ1n) is 8.43. The minimum Gasteiger partial charge on any atom is -0.357 e. The fourth-order valence-electron chi connectivity index (χ4n) is 2.13. The van der Waals surface area contributed by atoms with Crippen molar-refractivity contribution in [2.24, 2.45) is 10.9 Å². The molecule has 1 rings (SSSR count). The summed E-state index contributed by atoms with van der Waals surface area (Å²) in [5.74, 6) is 2.81. The molecule has 0 aromatic carbocycles. The highest BCUT2D eigenvalue weighted by molar-refractivity contribution is 14.0. The van der Waals surface area contributed by atoms with Gasteiger partial charge in [-0.05, 0) is 26.2 Å². The average Bonchev–Trinajstić information content (AvgIpc) is 2.89. The third-order valence-electron chi connectivity index (χ3n) is 3.29. The maximum absolute atomic E-state index is 5.06. The molecule has 0 fully saturated rings. The fourth-order valence-corrected chi connectivity index (χ4v) is 2.13. The number of nitrogens with one attached hydrogen (secondary N) is 2. The molecule has 1 aromatic heterocycles. The monoisotopic (exact) mass is 437 g/mol. The molecule has 0 saturated heterocycles. The van der Waals surface area contributed by atoms with Gasteiger partial charge in [0, 0.05) is 13.1 Å². The van der Waals surface area contributed by atoms with Gasteiger partial charge < -0.3 is 15.2 Å². The lowest BCUT2D eigenvalue weighted by Crippen LogP contribution is -2.37. The molecule has 0 aliphatic carbocycles. The van der Waals surface area contributed by atoms with Gasteiger partial charge in [-0.15, -0.1) is 24.0 Å². The predicted octanol–water partition coefficient (Wildman–Crippen LogP) is 3.66.